The molecule has 2 aromatic heterocycles. The number of rotatable bonds is 3. The fourth-order valence-electron chi connectivity index (χ4n) is 1.82. The molecule has 4 heteroatoms. The molecule has 0 amide bonds. The summed E-state index contributed by atoms with van der Waals surface area (Å²) in [5.41, 5.74) is 0.729. The highest BCUT2D eigenvalue weighted by Gasteiger charge is 2.14. The molecule has 2 heterocycles. The summed E-state index contributed by atoms with van der Waals surface area (Å²) in [4.78, 5) is 13.1. The van der Waals surface area contributed by atoms with Gasteiger partial charge in [-0.05, 0) is 39.5 Å². The number of benzene rings is 1. The number of halogens is 1. The first-order valence-corrected chi connectivity index (χ1v) is 7.15. The summed E-state index contributed by atoms with van der Waals surface area (Å²) in [6.07, 6.45) is 0.398. The summed E-state index contributed by atoms with van der Waals surface area (Å²) in [6.45, 7) is 0. The van der Waals surface area contributed by atoms with Gasteiger partial charge in [-0.15, -0.1) is 11.3 Å². The van der Waals surface area contributed by atoms with E-state index in [1.165, 1.54) is 0 Å². The normalized spacial score (nSPS) is 10.9. The van der Waals surface area contributed by atoms with E-state index in [1.807, 2.05) is 35.7 Å². The van der Waals surface area contributed by atoms with Crippen LogP contribution in [-0.2, 0) is 6.42 Å². The molecule has 0 aliphatic carbocycles. The second-order valence-electron chi connectivity index (χ2n) is 3.95. The van der Waals surface area contributed by atoms with Crippen molar-refractivity contribution < 1.29 is 9.21 Å². The number of para-hydroxylation sites is 1. The van der Waals surface area contributed by atoms with Gasteiger partial charge in [0.1, 0.15) is 5.58 Å². The number of hydrogen-bond acceptors (Lipinski definition) is 3. The topological polar surface area (TPSA) is 30.2 Å². The number of carbonyl (C=O) groups excluding carboxylic acids is 1. The Bertz CT molecular complexity index is 698. The van der Waals surface area contributed by atoms with Gasteiger partial charge in [0.25, 0.3) is 0 Å². The molecule has 90 valence electrons. The quantitative estimate of drug-likeness (QED) is 0.656. The van der Waals surface area contributed by atoms with Gasteiger partial charge in [-0.3, -0.25) is 4.79 Å². The van der Waals surface area contributed by atoms with E-state index in [4.69, 9.17) is 4.42 Å². The van der Waals surface area contributed by atoms with E-state index in [0.717, 1.165) is 20.3 Å². The standard InChI is InChI=1S/C14H9BrO2S/c15-11-5-1-3-9-7-13(17-14(9)11)12(16)8-10-4-2-6-18-10/h1-7H,8H2. The summed E-state index contributed by atoms with van der Waals surface area (Å²) in [6, 6.07) is 11.5. The lowest BCUT2D eigenvalue weighted by Crippen LogP contribution is -1.99. The Hall–Kier alpha value is -1.39. The highest BCUT2D eigenvalue weighted by molar-refractivity contribution is 9.10. The van der Waals surface area contributed by atoms with Crippen molar-refractivity contribution in [3.05, 3.63) is 56.9 Å². The van der Waals surface area contributed by atoms with E-state index in [-0.39, 0.29) is 5.78 Å². The van der Waals surface area contributed by atoms with Crippen LogP contribution in [0.5, 0.6) is 0 Å². The first-order valence-electron chi connectivity index (χ1n) is 5.47. The van der Waals surface area contributed by atoms with Crippen molar-refractivity contribution in [3.63, 3.8) is 0 Å². The predicted octanol–water partition coefficient (Wildman–Crippen LogP) is 4.68. The molecule has 0 atom stereocenters. The van der Waals surface area contributed by atoms with Crippen LogP contribution in [0.4, 0.5) is 0 Å². The van der Waals surface area contributed by atoms with Crippen molar-refractivity contribution in [2.24, 2.45) is 0 Å². The van der Waals surface area contributed by atoms with Crippen LogP contribution < -0.4 is 0 Å². The lowest BCUT2D eigenvalue weighted by atomic mass is 10.2. The van der Waals surface area contributed by atoms with Crippen LogP contribution in [0.3, 0.4) is 0 Å². The van der Waals surface area contributed by atoms with E-state index in [0.29, 0.717) is 12.2 Å². The fraction of sp³-hybridized carbons (Fsp3) is 0.0714. The fourth-order valence-corrected chi connectivity index (χ4v) is 2.99. The number of thiophene rings is 1. The van der Waals surface area contributed by atoms with Gasteiger partial charge < -0.3 is 4.42 Å². The van der Waals surface area contributed by atoms with Crippen LogP contribution in [0.1, 0.15) is 15.4 Å². The predicted molar refractivity (Wildman–Crippen MR) is 76.3 cm³/mol. The SMILES string of the molecule is O=C(Cc1cccs1)c1cc2cccc(Br)c2o1. The monoisotopic (exact) mass is 320 g/mol. The molecule has 0 spiro atoms. The molecule has 0 saturated carbocycles. The zero-order chi connectivity index (χ0) is 12.5. The minimum absolute atomic E-state index is 0.0144. The second-order valence-corrected chi connectivity index (χ2v) is 5.83. The molecule has 0 bridgehead atoms. The summed E-state index contributed by atoms with van der Waals surface area (Å²) in [5.74, 6) is 0.436. The number of carbonyl (C=O) groups is 1. The van der Waals surface area contributed by atoms with Gasteiger partial charge in [-0.25, -0.2) is 0 Å². The van der Waals surface area contributed by atoms with Crippen LogP contribution in [-0.4, -0.2) is 5.78 Å². The molecule has 3 aromatic rings. The van der Waals surface area contributed by atoms with Crippen LogP contribution in [0, 0.1) is 0 Å². The number of hydrogen-bond donors (Lipinski definition) is 0. The van der Waals surface area contributed by atoms with E-state index in [1.54, 1.807) is 17.4 Å². The van der Waals surface area contributed by atoms with Gasteiger partial charge >= 0.3 is 0 Å². The van der Waals surface area contributed by atoms with Crippen molar-refractivity contribution in [1.29, 1.82) is 0 Å². The molecule has 3 rings (SSSR count). The van der Waals surface area contributed by atoms with Gasteiger partial charge in [0.2, 0.25) is 5.78 Å². The van der Waals surface area contributed by atoms with Gasteiger partial charge in [0.15, 0.2) is 5.76 Å². The van der Waals surface area contributed by atoms with Crippen molar-refractivity contribution in [3.8, 4) is 0 Å². The molecule has 0 fully saturated rings. The highest BCUT2D eigenvalue weighted by Crippen LogP contribution is 2.27. The van der Waals surface area contributed by atoms with Gasteiger partial charge in [0.05, 0.1) is 4.47 Å². The lowest BCUT2D eigenvalue weighted by molar-refractivity contribution is 0.0969. The molecule has 0 N–H and O–H groups in total. The van der Waals surface area contributed by atoms with Crippen LogP contribution in [0.15, 0.2) is 50.7 Å². The second kappa shape index (κ2) is 4.71. The molecular weight excluding hydrogens is 312 g/mol. The average molecular weight is 321 g/mol. The Morgan fingerprint density at radius 2 is 2.17 bits per heavy atom. The highest BCUT2D eigenvalue weighted by atomic mass is 79.9. The summed E-state index contributed by atoms with van der Waals surface area (Å²) in [7, 11) is 0. The maximum Gasteiger partial charge on any atom is 0.203 e. The van der Waals surface area contributed by atoms with Crippen LogP contribution in [0.2, 0.25) is 0 Å². The minimum atomic E-state index is 0.0144. The van der Waals surface area contributed by atoms with Crippen molar-refractivity contribution >= 4 is 44.0 Å². The lowest BCUT2D eigenvalue weighted by Gasteiger charge is -1.94. The molecule has 0 unspecified atom stereocenters. The average Bonchev–Trinajstić information content (AvgIpc) is 2.97. The number of Topliss-reactive ketones (excluding diaryl/α,β-unsaturated/α-hetero) is 1. The largest absolute Gasteiger partial charge is 0.452 e. The third-order valence-corrected chi connectivity index (χ3v) is 4.19. The Balaban J connectivity index is 1.94. The number of fused-ring (bicyclic) bond motifs is 1. The third-order valence-electron chi connectivity index (χ3n) is 2.69. The summed E-state index contributed by atoms with van der Waals surface area (Å²) < 4.78 is 6.49. The smallest absolute Gasteiger partial charge is 0.203 e. The Morgan fingerprint density at radius 3 is 2.89 bits per heavy atom. The van der Waals surface area contributed by atoms with Crippen LogP contribution >= 0.6 is 27.3 Å². The van der Waals surface area contributed by atoms with E-state index in [9.17, 15) is 4.79 Å². The molecule has 0 saturated heterocycles. The van der Waals surface area contributed by atoms with Gasteiger partial charge in [0, 0.05) is 16.7 Å². The molecule has 2 nitrogen and oxygen atoms in total. The zero-order valence-corrected chi connectivity index (χ0v) is 11.8. The van der Waals surface area contributed by atoms with Crippen molar-refractivity contribution in [2.75, 3.05) is 0 Å². The Morgan fingerprint density at radius 1 is 1.28 bits per heavy atom. The number of ketones is 1. The molecule has 1 aromatic carbocycles. The van der Waals surface area contributed by atoms with Crippen molar-refractivity contribution in [1.82, 2.24) is 0 Å². The van der Waals surface area contributed by atoms with E-state index in [2.05, 4.69) is 15.9 Å². The Labute approximate surface area is 116 Å². The van der Waals surface area contributed by atoms with E-state index >= 15 is 0 Å². The minimum Gasteiger partial charge on any atom is -0.452 e. The first kappa shape index (κ1) is 11.7. The summed E-state index contributed by atoms with van der Waals surface area (Å²) in [5, 5.41) is 2.91. The number of furan rings is 1. The van der Waals surface area contributed by atoms with Crippen molar-refractivity contribution in [2.45, 2.75) is 6.42 Å². The third kappa shape index (κ3) is 2.13. The molecule has 18 heavy (non-hydrogen) atoms. The molecule has 0 radical (unpaired) electrons. The summed E-state index contributed by atoms with van der Waals surface area (Å²) >= 11 is 5.00. The zero-order valence-electron chi connectivity index (χ0n) is 9.35. The molecule has 0 aliphatic heterocycles. The maximum absolute atomic E-state index is 12.1. The molecule has 0 aliphatic rings. The molecular formula is C14H9BrO2S. The van der Waals surface area contributed by atoms with Crippen LogP contribution in [0.25, 0.3) is 11.0 Å². The van der Waals surface area contributed by atoms with Gasteiger partial charge in [-0.1, -0.05) is 18.2 Å². The van der Waals surface area contributed by atoms with E-state index < -0.39 is 0 Å². The maximum atomic E-state index is 12.1. The van der Waals surface area contributed by atoms with Gasteiger partial charge in [-0.2, -0.15) is 0 Å². The Kier molecular flexibility index (Phi) is 3.06. The first-order chi connectivity index (χ1) is 8.74.